The number of unbranched alkanes of at least 4 members (excludes halogenated alkanes) is 2. The van der Waals surface area contributed by atoms with Crippen molar-refractivity contribution >= 4 is 23.2 Å². The van der Waals surface area contributed by atoms with Gasteiger partial charge in [-0.15, -0.1) is 11.3 Å². The zero-order valence-corrected chi connectivity index (χ0v) is 17.6. The van der Waals surface area contributed by atoms with Gasteiger partial charge in [0.25, 0.3) is 5.91 Å². The summed E-state index contributed by atoms with van der Waals surface area (Å²) in [5.74, 6) is -0.0471. The fourth-order valence-electron chi connectivity index (χ4n) is 2.54. The molecule has 0 aliphatic rings. The molecule has 0 fully saturated rings. The number of ether oxygens (including phenoxy) is 2. The van der Waals surface area contributed by atoms with E-state index in [1.165, 1.54) is 11.3 Å². The second-order valence-corrected chi connectivity index (χ2v) is 7.29. The highest BCUT2D eigenvalue weighted by Crippen LogP contribution is 2.15. The lowest BCUT2D eigenvalue weighted by molar-refractivity contribution is -0.132. The predicted molar refractivity (Wildman–Crippen MR) is 107 cm³/mol. The molecule has 27 heavy (non-hydrogen) atoms. The van der Waals surface area contributed by atoms with Gasteiger partial charge in [0.15, 0.2) is 0 Å². The number of thiazole rings is 1. The van der Waals surface area contributed by atoms with Crippen molar-refractivity contribution in [1.29, 1.82) is 0 Å². The molecule has 1 aromatic rings. The number of rotatable bonds is 15. The van der Waals surface area contributed by atoms with Crippen LogP contribution in [0.25, 0.3) is 0 Å². The molecule has 0 saturated heterocycles. The molecular weight excluding hydrogens is 366 g/mol. The summed E-state index contributed by atoms with van der Waals surface area (Å²) in [5, 5.41) is 5.35. The summed E-state index contributed by atoms with van der Waals surface area (Å²) in [4.78, 5) is 30.9. The zero-order valence-electron chi connectivity index (χ0n) is 16.8. The Morgan fingerprint density at radius 2 is 1.89 bits per heavy atom. The molecule has 0 spiro atoms. The van der Waals surface area contributed by atoms with Crippen molar-refractivity contribution in [2.75, 3.05) is 40.5 Å². The monoisotopic (exact) mass is 399 g/mol. The van der Waals surface area contributed by atoms with E-state index in [0.29, 0.717) is 45.0 Å². The maximum Gasteiger partial charge on any atom is 0.270 e. The first kappa shape index (κ1) is 23.5. The lowest BCUT2D eigenvalue weighted by atomic mass is 10.2. The molecule has 7 nitrogen and oxygen atoms in total. The molecule has 2 amide bonds. The van der Waals surface area contributed by atoms with Crippen LogP contribution in [0.2, 0.25) is 0 Å². The van der Waals surface area contributed by atoms with Crippen LogP contribution in [-0.2, 0) is 20.8 Å². The first-order valence-electron chi connectivity index (χ1n) is 9.60. The molecule has 0 bridgehead atoms. The summed E-state index contributed by atoms with van der Waals surface area (Å²) in [6, 6.07) is 0. The fourth-order valence-corrected chi connectivity index (χ4v) is 3.32. The Hall–Kier alpha value is -1.51. The van der Waals surface area contributed by atoms with Gasteiger partial charge in [-0.1, -0.05) is 19.8 Å². The predicted octanol–water partition coefficient (Wildman–Crippen LogP) is 2.85. The molecule has 0 aromatic carbocycles. The normalized spacial score (nSPS) is 10.8. The molecule has 1 heterocycles. The summed E-state index contributed by atoms with van der Waals surface area (Å²) in [6.45, 7) is 4.98. The van der Waals surface area contributed by atoms with Crippen molar-refractivity contribution in [3.8, 4) is 0 Å². The van der Waals surface area contributed by atoms with Crippen LogP contribution in [0.3, 0.4) is 0 Å². The number of amides is 2. The van der Waals surface area contributed by atoms with E-state index >= 15 is 0 Å². The third-order valence-corrected chi connectivity index (χ3v) is 4.88. The Bertz CT molecular complexity index is 551. The Morgan fingerprint density at radius 1 is 1.15 bits per heavy atom. The average Bonchev–Trinajstić information content (AvgIpc) is 3.13. The van der Waals surface area contributed by atoms with Crippen LogP contribution in [0.1, 0.15) is 60.9 Å². The summed E-state index contributed by atoms with van der Waals surface area (Å²) >= 11 is 1.41. The Labute approximate surface area is 166 Å². The smallest absolute Gasteiger partial charge is 0.270 e. The van der Waals surface area contributed by atoms with Crippen molar-refractivity contribution in [2.24, 2.45) is 0 Å². The number of hydrogen-bond acceptors (Lipinski definition) is 6. The van der Waals surface area contributed by atoms with E-state index in [-0.39, 0.29) is 11.8 Å². The highest BCUT2D eigenvalue weighted by atomic mass is 32.1. The van der Waals surface area contributed by atoms with Gasteiger partial charge in [0.05, 0.1) is 6.54 Å². The van der Waals surface area contributed by atoms with Gasteiger partial charge in [0.1, 0.15) is 10.7 Å². The standard InChI is InChI=1S/C19H33N3O4S/c1-4-5-6-9-18(23)22(11-8-13-26-3)14-17-21-16(15-27-17)19(24)20-10-7-12-25-2/h15H,4-14H2,1-3H3,(H,20,24). The highest BCUT2D eigenvalue weighted by Gasteiger charge is 2.17. The zero-order chi connectivity index (χ0) is 19.9. The molecule has 0 aliphatic carbocycles. The highest BCUT2D eigenvalue weighted by molar-refractivity contribution is 7.09. The van der Waals surface area contributed by atoms with E-state index in [2.05, 4.69) is 17.2 Å². The number of hydrogen-bond donors (Lipinski definition) is 1. The summed E-state index contributed by atoms with van der Waals surface area (Å²) in [6.07, 6.45) is 5.16. The van der Waals surface area contributed by atoms with E-state index in [4.69, 9.17) is 9.47 Å². The molecule has 0 unspecified atom stereocenters. The lowest BCUT2D eigenvalue weighted by Gasteiger charge is -2.21. The molecule has 0 atom stereocenters. The Balaban J connectivity index is 2.59. The van der Waals surface area contributed by atoms with E-state index < -0.39 is 0 Å². The van der Waals surface area contributed by atoms with Crippen molar-refractivity contribution < 1.29 is 19.1 Å². The van der Waals surface area contributed by atoms with Crippen molar-refractivity contribution in [3.05, 3.63) is 16.1 Å². The van der Waals surface area contributed by atoms with E-state index in [1.807, 2.05) is 4.90 Å². The van der Waals surface area contributed by atoms with Gasteiger partial charge in [-0.2, -0.15) is 0 Å². The topological polar surface area (TPSA) is 80.8 Å². The molecule has 0 radical (unpaired) electrons. The number of nitrogens with zero attached hydrogens (tertiary/aromatic N) is 2. The van der Waals surface area contributed by atoms with E-state index in [0.717, 1.165) is 37.1 Å². The van der Waals surface area contributed by atoms with Gasteiger partial charge in [0.2, 0.25) is 5.91 Å². The van der Waals surface area contributed by atoms with Crippen LogP contribution >= 0.6 is 11.3 Å². The molecule has 154 valence electrons. The van der Waals surface area contributed by atoms with E-state index in [9.17, 15) is 9.59 Å². The second kappa shape index (κ2) is 14.5. The molecule has 0 aliphatic heterocycles. The quantitative estimate of drug-likeness (QED) is 0.459. The van der Waals surface area contributed by atoms with Crippen LogP contribution in [0.15, 0.2) is 5.38 Å². The first-order chi connectivity index (χ1) is 13.1. The number of methoxy groups -OCH3 is 2. The largest absolute Gasteiger partial charge is 0.385 e. The third kappa shape index (κ3) is 9.83. The third-order valence-electron chi connectivity index (χ3n) is 4.04. The minimum atomic E-state index is -0.186. The summed E-state index contributed by atoms with van der Waals surface area (Å²) in [7, 11) is 3.29. The van der Waals surface area contributed by atoms with Gasteiger partial charge >= 0.3 is 0 Å². The number of carbonyl (C=O) groups is 2. The Morgan fingerprint density at radius 3 is 2.59 bits per heavy atom. The first-order valence-corrected chi connectivity index (χ1v) is 10.5. The molecule has 1 rings (SSSR count). The molecular formula is C19H33N3O4S. The minimum Gasteiger partial charge on any atom is -0.385 e. The fraction of sp³-hybridized carbons (Fsp3) is 0.737. The molecule has 8 heteroatoms. The number of aromatic nitrogens is 1. The maximum absolute atomic E-state index is 12.5. The summed E-state index contributed by atoms with van der Waals surface area (Å²) in [5.41, 5.74) is 0.405. The van der Waals surface area contributed by atoms with Crippen molar-refractivity contribution in [1.82, 2.24) is 15.2 Å². The number of carbonyl (C=O) groups excluding carboxylic acids is 2. The van der Waals surface area contributed by atoms with Crippen LogP contribution in [0.5, 0.6) is 0 Å². The molecule has 1 N–H and O–H groups in total. The van der Waals surface area contributed by atoms with Crippen molar-refractivity contribution in [3.63, 3.8) is 0 Å². The van der Waals surface area contributed by atoms with Crippen LogP contribution in [0.4, 0.5) is 0 Å². The SMILES string of the molecule is CCCCCC(=O)N(CCCOC)Cc1nc(C(=O)NCCCOC)cs1. The Kier molecular flexibility index (Phi) is 12.7. The molecule has 0 saturated carbocycles. The number of nitrogens with one attached hydrogen (secondary N) is 1. The van der Waals surface area contributed by atoms with Gasteiger partial charge in [-0.3, -0.25) is 9.59 Å². The second-order valence-electron chi connectivity index (χ2n) is 6.35. The van der Waals surface area contributed by atoms with Gasteiger partial charge in [-0.05, 0) is 19.3 Å². The summed E-state index contributed by atoms with van der Waals surface area (Å²) < 4.78 is 10.1. The van der Waals surface area contributed by atoms with Gasteiger partial charge in [0, 0.05) is 52.3 Å². The van der Waals surface area contributed by atoms with Crippen LogP contribution < -0.4 is 5.32 Å². The van der Waals surface area contributed by atoms with Gasteiger partial charge in [-0.25, -0.2) is 4.98 Å². The van der Waals surface area contributed by atoms with E-state index in [1.54, 1.807) is 19.6 Å². The minimum absolute atomic E-state index is 0.139. The van der Waals surface area contributed by atoms with Gasteiger partial charge < -0.3 is 19.7 Å². The van der Waals surface area contributed by atoms with Crippen LogP contribution in [-0.4, -0.2) is 62.2 Å². The molecule has 1 aromatic heterocycles. The van der Waals surface area contributed by atoms with Crippen LogP contribution in [0, 0.1) is 0 Å². The maximum atomic E-state index is 12.5. The van der Waals surface area contributed by atoms with Crippen molar-refractivity contribution in [2.45, 2.75) is 52.0 Å². The average molecular weight is 400 g/mol. The lowest BCUT2D eigenvalue weighted by Crippen LogP contribution is -2.32.